The third-order valence-corrected chi connectivity index (χ3v) is 2.89. The number of likely N-dealkylation sites (N-methyl/N-ethyl adjacent to an activating group) is 1. The molecule has 0 bridgehead atoms. The standard InChI is InChI=1S/C11H13BrClNO/c1-14(11(15)8-13)6-5-9-3-2-4-10(12)7-9/h2-4,7H,5-6,8H2,1H3. The van der Waals surface area contributed by atoms with Crippen LogP contribution < -0.4 is 0 Å². The van der Waals surface area contributed by atoms with Gasteiger partial charge in [0.2, 0.25) is 5.91 Å². The van der Waals surface area contributed by atoms with E-state index in [1.165, 1.54) is 5.56 Å². The van der Waals surface area contributed by atoms with Gasteiger partial charge in [-0.15, -0.1) is 11.6 Å². The molecule has 1 aromatic rings. The fourth-order valence-corrected chi connectivity index (χ4v) is 1.87. The second-order valence-electron chi connectivity index (χ2n) is 3.33. The molecule has 4 heteroatoms. The molecular formula is C11H13BrClNO. The molecule has 0 saturated heterocycles. The van der Waals surface area contributed by atoms with Gasteiger partial charge in [0.1, 0.15) is 5.88 Å². The lowest BCUT2D eigenvalue weighted by Gasteiger charge is -2.15. The van der Waals surface area contributed by atoms with Gasteiger partial charge in [0.05, 0.1) is 0 Å². The van der Waals surface area contributed by atoms with E-state index < -0.39 is 0 Å². The minimum atomic E-state index is -0.0355. The van der Waals surface area contributed by atoms with Crippen LogP contribution in [0.4, 0.5) is 0 Å². The number of benzene rings is 1. The van der Waals surface area contributed by atoms with Crippen LogP contribution in [0.5, 0.6) is 0 Å². The molecule has 0 unspecified atom stereocenters. The largest absolute Gasteiger partial charge is 0.344 e. The number of hydrogen-bond acceptors (Lipinski definition) is 1. The van der Waals surface area contributed by atoms with Gasteiger partial charge in [-0.2, -0.15) is 0 Å². The van der Waals surface area contributed by atoms with Gasteiger partial charge in [0.25, 0.3) is 0 Å². The first-order chi connectivity index (χ1) is 7.13. The van der Waals surface area contributed by atoms with Gasteiger partial charge in [0.15, 0.2) is 0 Å². The number of rotatable bonds is 4. The number of carbonyl (C=O) groups excluding carboxylic acids is 1. The van der Waals surface area contributed by atoms with Crippen molar-refractivity contribution in [1.29, 1.82) is 0 Å². The highest BCUT2D eigenvalue weighted by molar-refractivity contribution is 9.10. The third kappa shape index (κ3) is 4.22. The number of alkyl halides is 1. The smallest absolute Gasteiger partial charge is 0.237 e. The van der Waals surface area contributed by atoms with Crippen molar-refractivity contribution in [3.05, 3.63) is 34.3 Å². The molecule has 0 heterocycles. The number of nitrogens with zero attached hydrogens (tertiary/aromatic N) is 1. The van der Waals surface area contributed by atoms with Crippen molar-refractivity contribution in [3.63, 3.8) is 0 Å². The summed E-state index contributed by atoms with van der Waals surface area (Å²) in [6, 6.07) is 8.07. The second kappa shape index (κ2) is 6.13. The van der Waals surface area contributed by atoms with Crippen LogP contribution in [0.2, 0.25) is 0 Å². The van der Waals surface area contributed by atoms with Gasteiger partial charge in [-0.25, -0.2) is 0 Å². The molecule has 0 fully saturated rings. The molecule has 0 aromatic heterocycles. The molecule has 0 atom stereocenters. The first kappa shape index (κ1) is 12.5. The predicted octanol–water partition coefficient (Wildman–Crippen LogP) is 2.69. The van der Waals surface area contributed by atoms with Crippen molar-refractivity contribution in [2.45, 2.75) is 6.42 Å². The summed E-state index contributed by atoms with van der Waals surface area (Å²) in [4.78, 5) is 12.8. The zero-order valence-electron chi connectivity index (χ0n) is 8.54. The molecule has 15 heavy (non-hydrogen) atoms. The Labute approximate surface area is 103 Å². The van der Waals surface area contributed by atoms with Crippen LogP contribution in [0.3, 0.4) is 0 Å². The Kier molecular flexibility index (Phi) is 5.12. The lowest BCUT2D eigenvalue weighted by molar-refractivity contribution is -0.127. The molecule has 82 valence electrons. The zero-order chi connectivity index (χ0) is 11.3. The summed E-state index contributed by atoms with van der Waals surface area (Å²) in [5.41, 5.74) is 1.21. The molecule has 1 amide bonds. The van der Waals surface area contributed by atoms with Gasteiger partial charge >= 0.3 is 0 Å². The highest BCUT2D eigenvalue weighted by atomic mass is 79.9. The van der Waals surface area contributed by atoms with E-state index in [0.29, 0.717) is 6.54 Å². The Morgan fingerprint density at radius 3 is 2.87 bits per heavy atom. The highest BCUT2D eigenvalue weighted by Crippen LogP contribution is 2.12. The highest BCUT2D eigenvalue weighted by Gasteiger charge is 2.06. The average Bonchev–Trinajstić information content (AvgIpc) is 2.25. The quantitative estimate of drug-likeness (QED) is 0.781. The van der Waals surface area contributed by atoms with Crippen molar-refractivity contribution >= 4 is 33.4 Å². The Morgan fingerprint density at radius 2 is 2.27 bits per heavy atom. The van der Waals surface area contributed by atoms with E-state index in [2.05, 4.69) is 22.0 Å². The van der Waals surface area contributed by atoms with Crippen LogP contribution in [0, 0.1) is 0 Å². The van der Waals surface area contributed by atoms with Crippen molar-refractivity contribution in [2.75, 3.05) is 19.5 Å². The fourth-order valence-electron chi connectivity index (χ4n) is 1.22. The predicted molar refractivity (Wildman–Crippen MR) is 66.2 cm³/mol. The molecule has 0 saturated carbocycles. The first-order valence-corrected chi connectivity index (χ1v) is 6.00. The van der Waals surface area contributed by atoms with Crippen LogP contribution in [0.1, 0.15) is 5.56 Å². The molecule has 1 aromatic carbocycles. The molecule has 0 N–H and O–H groups in total. The summed E-state index contributed by atoms with van der Waals surface area (Å²) in [5.74, 6) is 0.0151. The first-order valence-electron chi connectivity index (χ1n) is 4.68. The topological polar surface area (TPSA) is 20.3 Å². The van der Waals surface area contributed by atoms with Crippen LogP contribution in [0.25, 0.3) is 0 Å². The lowest BCUT2D eigenvalue weighted by atomic mass is 10.1. The maximum Gasteiger partial charge on any atom is 0.237 e. The monoisotopic (exact) mass is 289 g/mol. The molecule has 2 nitrogen and oxygen atoms in total. The third-order valence-electron chi connectivity index (χ3n) is 2.16. The number of carbonyl (C=O) groups is 1. The molecular weight excluding hydrogens is 277 g/mol. The fraction of sp³-hybridized carbons (Fsp3) is 0.364. The van der Waals surface area contributed by atoms with Crippen molar-refractivity contribution < 1.29 is 4.79 Å². The van der Waals surface area contributed by atoms with E-state index in [9.17, 15) is 4.79 Å². The minimum absolute atomic E-state index is 0.0355. The van der Waals surface area contributed by atoms with Crippen LogP contribution in [-0.2, 0) is 11.2 Å². The molecule has 1 rings (SSSR count). The van der Waals surface area contributed by atoms with Crippen LogP contribution in [0.15, 0.2) is 28.7 Å². The summed E-state index contributed by atoms with van der Waals surface area (Å²) < 4.78 is 1.06. The summed E-state index contributed by atoms with van der Waals surface area (Å²) in [6.07, 6.45) is 0.846. The average molecular weight is 291 g/mol. The Morgan fingerprint density at radius 1 is 1.53 bits per heavy atom. The summed E-state index contributed by atoms with van der Waals surface area (Å²) in [5, 5.41) is 0. The van der Waals surface area contributed by atoms with Gasteiger partial charge in [0, 0.05) is 18.1 Å². The van der Waals surface area contributed by atoms with Gasteiger partial charge < -0.3 is 4.90 Å². The maximum absolute atomic E-state index is 11.2. The van der Waals surface area contributed by atoms with Crippen molar-refractivity contribution in [3.8, 4) is 0 Å². The normalized spacial score (nSPS) is 10.1. The Balaban J connectivity index is 2.47. The van der Waals surface area contributed by atoms with Crippen molar-refractivity contribution in [2.24, 2.45) is 0 Å². The molecule has 0 radical (unpaired) electrons. The van der Waals surface area contributed by atoms with E-state index in [1.807, 2.05) is 18.2 Å². The van der Waals surface area contributed by atoms with E-state index in [0.717, 1.165) is 10.9 Å². The number of halogens is 2. The van der Waals surface area contributed by atoms with Crippen LogP contribution in [-0.4, -0.2) is 30.3 Å². The molecule has 0 spiro atoms. The van der Waals surface area contributed by atoms with Crippen LogP contribution >= 0.6 is 27.5 Å². The van der Waals surface area contributed by atoms with E-state index in [-0.39, 0.29) is 11.8 Å². The molecule has 0 aliphatic rings. The Bertz CT molecular complexity index is 343. The van der Waals surface area contributed by atoms with Gasteiger partial charge in [-0.3, -0.25) is 4.79 Å². The zero-order valence-corrected chi connectivity index (χ0v) is 10.9. The second-order valence-corrected chi connectivity index (χ2v) is 4.51. The Hall–Kier alpha value is -0.540. The summed E-state index contributed by atoms with van der Waals surface area (Å²) in [7, 11) is 1.77. The lowest BCUT2D eigenvalue weighted by Crippen LogP contribution is -2.29. The maximum atomic E-state index is 11.2. The summed E-state index contributed by atoms with van der Waals surface area (Å²) in [6.45, 7) is 0.696. The van der Waals surface area contributed by atoms with E-state index in [4.69, 9.17) is 11.6 Å². The van der Waals surface area contributed by atoms with Gasteiger partial charge in [-0.05, 0) is 24.1 Å². The summed E-state index contributed by atoms with van der Waals surface area (Å²) >= 11 is 8.87. The van der Waals surface area contributed by atoms with Gasteiger partial charge in [-0.1, -0.05) is 28.1 Å². The molecule has 0 aliphatic heterocycles. The number of amides is 1. The minimum Gasteiger partial charge on any atom is -0.344 e. The molecule has 0 aliphatic carbocycles. The van der Waals surface area contributed by atoms with E-state index in [1.54, 1.807) is 11.9 Å². The number of hydrogen-bond donors (Lipinski definition) is 0. The van der Waals surface area contributed by atoms with Crippen molar-refractivity contribution in [1.82, 2.24) is 4.90 Å². The van der Waals surface area contributed by atoms with E-state index >= 15 is 0 Å². The SMILES string of the molecule is CN(CCc1cccc(Br)c1)C(=O)CCl.